The summed E-state index contributed by atoms with van der Waals surface area (Å²) in [5.41, 5.74) is 2.63. The molecule has 0 amide bonds. The van der Waals surface area contributed by atoms with Gasteiger partial charge in [0, 0.05) is 51.6 Å². The highest BCUT2D eigenvalue weighted by molar-refractivity contribution is 5.54. The lowest BCUT2D eigenvalue weighted by Gasteiger charge is -2.32. The zero-order valence-electron chi connectivity index (χ0n) is 15.6. The molecule has 1 fully saturated rings. The van der Waals surface area contributed by atoms with E-state index < -0.39 is 6.10 Å². The molecular weight excluding hydrogens is 316 g/mol. The summed E-state index contributed by atoms with van der Waals surface area (Å²) in [5, 5.41) is 10.5. The Hall–Kier alpha value is -1.14. The van der Waals surface area contributed by atoms with E-state index in [1.807, 2.05) is 0 Å². The largest absolute Gasteiger partial charge is 0.389 e. The van der Waals surface area contributed by atoms with Gasteiger partial charge in [-0.1, -0.05) is 25.1 Å². The Morgan fingerprint density at radius 2 is 2.04 bits per heavy atom. The van der Waals surface area contributed by atoms with Gasteiger partial charge in [-0.05, 0) is 30.9 Å². The number of fused-ring (bicyclic) bond motifs is 1. The summed E-state index contributed by atoms with van der Waals surface area (Å²) in [6.45, 7) is 6.71. The highest BCUT2D eigenvalue weighted by atomic mass is 16.5. The monoisotopic (exact) mass is 348 g/mol. The van der Waals surface area contributed by atoms with Gasteiger partial charge in [0.2, 0.25) is 0 Å². The topological polar surface area (TPSA) is 45.2 Å². The summed E-state index contributed by atoms with van der Waals surface area (Å²) in [5.74, 6) is 0. The molecule has 2 atom stereocenters. The second-order valence-electron chi connectivity index (χ2n) is 7.30. The molecule has 1 aromatic rings. The number of hydrogen-bond acceptors (Lipinski definition) is 5. The Labute approximate surface area is 151 Å². The second-order valence-corrected chi connectivity index (χ2v) is 7.30. The predicted octanol–water partition coefficient (Wildman–Crippen LogP) is 2.27. The lowest BCUT2D eigenvalue weighted by atomic mass is 10.1. The first-order chi connectivity index (χ1) is 12.2. The fraction of sp³-hybridized carbons (Fsp3) is 0.700. The lowest BCUT2D eigenvalue weighted by Crippen LogP contribution is -2.44. The fourth-order valence-corrected chi connectivity index (χ4v) is 3.91. The highest BCUT2D eigenvalue weighted by Gasteiger charge is 2.27. The number of aliphatic hydroxyl groups excluding tert-OH is 1. The maximum absolute atomic E-state index is 10.5. The van der Waals surface area contributed by atoms with Crippen molar-refractivity contribution in [2.24, 2.45) is 0 Å². The van der Waals surface area contributed by atoms with E-state index in [1.165, 1.54) is 11.3 Å². The number of likely N-dealkylation sites (N-methyl/N-ethyl adjacent to an activating group) is 1. The van der Waals surface area contributed by atoms with Gasteiger partial charge in [-0.15, -0.1) is 0 Å². The van der Waals surface area contributed by atoms with Crippen LogP contribution in [-0.4, -0.2) is 68.2 Å². The number of ether oxygens (including phenoxy) is 2. The summed E-state index contributed by atoms with van der Waals surface area (Å²) < 4.78 is 11.3. The summed E-state index contributed by atoms with van der Waals surface area (Å²) in [6, 6.07) is 9.03. The molecular formula is C20H32N2O3. The van der Waals surface area contributed by atoms with Crippen molar-refractivity contribution in [3.05, 3.63) is 29.8 Å². The first-order valence-corrected chi connectivity index (χ1v) is 9.58. The normalized spacial score (nSPS) is 24.0. The van der Waals surface area contributed by atoms with Crippen LogP contribution in [-0.2, 0) is 16.0 Å². The van der Waals surface area contributed by atoms with Crippen molar-refractivity contribution in [1.29, 1.82) is 0 Å². The van der Waals surface area contributed by atoms with Crippen LogP contribution in [0.3, 0.4) is 0 Å². The van der Waals surface area contributed by atoms with Crippen LogP contribution < -0.4 is 4.90 Å². The highest BCUT2D eigenvalue weighted by Crippen LogP contribution is 2.27. The van der Waals surface area contributed by atoms with Gasteiger partial charge in [-0.2, -0.15) is 0 Å². The van der Waals surface area contributed by atoms with Crippen molar-refractivity contribution < 1.29 is 14.6 Å². The van der Waals surface area contributed by atoms with E-state index in [4.69, 9.17) is 9.47 Å². The minimum absolute atomic E-state index is 0.237. The number of hydrogen-bond donors (Lipinski definition) is 1. The second kappa shape index (κ2) is 8.99. The standard InChI is InChI=1S/C20H32N2O3/c1-3-17-13-21(2)20-7-5-4-6-16(20)12-22(17)14-18(23)15-25-19-8-10-24-11-9-19/h4-7,17-19,23H,3,8-15H2,1-2H3. The van der Waals surface area contributed by atoms with E-state index in [0.29, 0.717) is 19.2 Å². The third-order valence-electron chi connectivity index (χ3n) is 5.39. The Morgan fingerprint density at radius 3 is 2.80 bits per heavy atom. The van der Waals surface area contributed by atoms with Gasteiger partial charge >= 0.3 is 0 Å². The molecule has 2 unspecified atom stereocenters. The first kappa shape index (κ1) is 18.6. The lowest BCUT2D eigenvalue weighted by molar-refractivity contribution is -0.0664. The van der Waals surface area contributed by atoms with E-state index in [9.17, 15) is 5.11 Å². The van der Waals surface area contributed by atoms with E-state index in [0.717, 1.165) is 45.6 Å². The van der Waals surface area contributed by atoms with Crippen LogP contribution in [0, 0.1) is 0 Å². The van der Waals surface area contributed by atoms with Gasteiger partial charge < -0.3 is 19.5 Å². The fourth-order valence-electron chi connectivity index (χ4n) is 3.91. The third-order valence-corrected chi connectivity index (χ3v) is 5.39. The molecule has 0 aromatic heterocycles. The molecule has 0 radical (unpaired) electrons. The summed E-state index contributed by atoms with van der Waals surface area (Å²) in [7, 11) is 2.16. The van der Waals surface area contributed by atoms with Crippen molar-refractivity contribution in [3.8, 4) is 0 Å². The quantitative estimate of drug-likeness (QED) is 0.854. The number of rotatable bonds is 6. The van der Waals surface area contributed by atoms with Crippen LogP contribution in [0.2, 0.25) is 0 Å². The van der Waals surface area contributed by atoms with Gasteiger partial charge in [0.15, 0.2) is 0 Å². The van der Waals surface area contributed by atoms with E-state index in [2.05, 4.69) is 48.0 Å². The van der Waals surface area contributed by atoms with E-state index in [1.54, 1.807) is 0 Å². The molecule has 1 aromatic carbocycles. The summed E-state index contributed by atoms with van der Waals surface area (Å²) in [6.07, 6.45) is 2.73. The zero-order valence-corrected chi connectivity index (χ0v) is 15.6. The molecule has 1 saturated heterocycles. The molecule has 0 spiro atoms. The van der Waals surface area contributed by atoms with E-state index in [-0.39, 0.29) is 6.10 Å². The average molecular weight is 348 g/mol. The molecule has 0 saturated carbocycles. The van der Waals surface area contributed by atoms with E-state index >= 15 is 0 Å². The Balaban J connectivity index is 1.59. The molecule has 5 heteroatoms. The summed E-state index contributed by atoms with van der Waals surface area (Å²) in [4.78, 5) is 4.76. The minimum Gasteiger partial charge on any atom is -0.389 e. The van der Waals surface area contributed by atoms with Crippen LogP contribution in [0.4, 0.5) is 5.69 Å². The van der Waals surface area contributed by atoms with Gasteiger partial charge in [-0.25, -0.2) is 0 Å². The Morgan fingerprint density at radius 1 is 1.28 bits per heavy atom. The number of anilines is 1. The van der Waals surface area contributed by atoms with Crippen molar-refractivity contribution in [1.82, 2.24) is 4.90 Å². The molecule has 3 rings (SSSR count). The zero-order chi connectivity index (χ0) is 17.6. The molecule has 2 aliphatic heterocycles. The molecule has 140 valence electrons. The SMILES string of the molecule is CCC1CN(C)c2ccccc2CN1CC(O)COC1CCOCC1. The Kier molecular flexibility index (Phi) is 6.70. The predicted molar refractivity (Wildman–Crippen MR) is 100 cm³/mol. The van der Waals surface area contributed by atoms with Crippen molar-refractivity contribution in [2.75, 3.05) is 44.9 Å². The summed E-state index contributed by atoms with van der Waals surface area (Å²) >= 11 is 0. The van der Waals surface area contributed by atoms with Crippen molar-refractivity contribution in [3.63, 3.8) is 0 Å². The van der Waals surface area contributed by atoms with Crippen LogP contribution >= 0.6 is 0 Å². The molecule has 2 heterocycles. The average Bonchev–Trinajstić information content (AvgIpc) is 2.77. The Bertz CT molecular complexity index is 533. The molecule has 2 aliphatic rings. The smallest absolute Gasteiger partial charge is 0.0900 e. The van der Waals surface area contributed by atoms with Crippen LogP contribution in [0.25, 0.3) is 0 Å². The van der Waals surface area contributed by atoms with Crippen LogP contribution in [0.1, 0.15) is 31.7 Å². The van der Waals surface area contributed by atoms with Crippen LogP contribution in [0.5, 0.6) is 0 Å². The van der Waals surface area contributed by atoms with Gasteiger partial charge in [0.05, 0.1) is 18.8 Å². The van der Waals surface area contributed by atoms with Gasteiger partial charge in [-0.3, -0.25) is 4.90 Å². The molecule has 25 heavy (non-hydrogen) atoms. The molecule has 1 N–H and O–H groups in total. The first-order valence-electron chi connectivity index (χ1n) is 9.58. The number of β-amino-alcohol motifs (C(OH)–C–C–N with tert-alkyl or cyclic N) is 1. The number of para-hydroxylation sites is 1. The van der Waals surface area contributed by atoms with Crippen LogP contribution in [0.15, 0.2) is 24.3 Å². The number of aliphatic hydroxyl groups is 1. The molecule has 0 aliphatic carbocycles. The van der Waals surface area contributed by atoms with Gasteiger partial charge in [0.25, 0.3) is 0 Å². The number of nitrogens with zero attached hydrogens (tertiary/aromatic N) is 2. The van der Waals surface area contributed by atoms with Gasteiger partial charge in [0.1, 0.15) is 0 Å². The number of benzene rings is 1. The maximum Gasteiger partial charge on any atom is 0.0900 e. The van der Waals surface area contributed by atoms with Crippen molar-refractivity contribution in [2.45, 2.75) is 51.0 Å². The maximum atomic E-state index is 10.5. The minimum atomic E-state index is -0.451. The molecule has 0 bridgehead atoms. The molecule has 5 nitrogen and oxygen atoms in total. The third kappa shape index (κ3) is 4.94. The van der Waals surface area contributed by atoms with Crippen molar-refractivity contribution >= 4 is 5.69 Å².